The number of phosphoric ester groups is 1. The SMILES string of the molecule is CCCCCc1cc(O)c(C2C=C(C)CCC2)c(OCOP(=O)(Oc2ccccc2)Oc2ccccc2)c1. The quantitative estimate of drug-likeness (QED) is 0.102. The van der Waals surface area contributed by atoms with Crippen LogP contribution >= 0.6 is 7.82 Å². The molecule has 4 rings (SSSR count). The van der Waals surface area contributed by atoms with Crippen LogP contribution in [0.2, 0.25) is 0 Å². The lowest BCUT2D eigenvalue weighted by Crippen LogP contribution is -2.12. The maximum atomic E-state index is 13.7. The molecule has 0 saturated carbocycles. The molecule has 1 N–H and O–H groups in total. The minimum atomic E-state index is -4.10. The summed E-state index contributed by atoms with van der Waals surface area (Å²) in [5.41, 5.74) is 3.03. The van der Waals surface area contributed by atoms with Crippen molar-refractivity contribution in [2.75, 3.05) is 6.79 Å². The molecule has 1 aliphatic rings. The Bertz CT molecular complexity index is 1200. The third kappa shape index (κ3) is 7.89. The summed E-state index contributed by atoms with van der Waals surface area (Å²) in [6.07, 6.45) is 9.32. The minimum absolute atomic E-state index is 0.0383. The van der Waals surface area contributed by atoms with E-state index in [0.717, 1.165) is 56.1 Å². The van der Waals surface area contributed by atoms with Crippen LogP contribution in [0, 0.1) is 0 Å². The number of hydrogen-bond donors (Lipinski definition) is 1. The van der Waals surface area contributed by atoms with Gasteiger partial charge >= 0.3 is 7.82 Å². The molecule has 0 amide bonds. The summed E-state index contributed by atoms with van der Waals surface area (Å²) in [7, 11) is -4.10. The molecule has 7 heteroatoms. The Kier molecular flexibility index (Phi) is 9.91. The van der Waals surface area contributed by atoms with Crippen LogP contribution in [0.25, 0.3) is 0 Å². The topological polar surface area (TPSA) is 74.2 Å². The molecule has 0 aromatic heterocycles. The second-order valence-electron chi connectivity index (χ2n) is 9.64. The van der Waals surface area contributed by atoms with Crippen LogP contribution in [-0.2, 0) is 15.5 Å². The van der Waals surface area contributed by atoms with Crippen molar-refractivity contribution < 1.29 is 28.0 Å². The largest absolute Gasteiger partial charge is 0.590 e. The summed E-state index contributed by atoms with van der Waals surface area (Å²) in [5.74, 6) is 1.49. The van der Waals surface area contributed by atoms with Gasteiger partial charge in [0.05, 0.1) is 0 Å². The highest BCUT2D eigenvalue weighted by Crippen LogP contribution is 2.50. The van der Waals surface area contributed by atoms with Crippen molar-refractivity contribution in [3.05, 3.63) is 95.6 Å². The first kappa shape index (κ1) is 27.8. The molecule has 1 aliphatic carbocycles. The Morgan fingerprint density at radius 2 is 1.61 bits per heavy atom. The van der Waals surface area contributed by atoms with E-state index in [0.29, 0.717) is 17.2 Å². The summed E-state index contributed by atoms with van der Waals surface area (Å²) in [4.78, 5) is 0. The third-order valence-corrected chi connectivity index (χ3v) is 7.83. The maximum Gasteiger partial charge on any atom is 0.590 e. The van der Waals surface area contributed by atoms with Crippen molar-refractivity contribution in [2.45, 2.75) is 64.7 Å². The zero-order chi connectivity index (χ0) is 26.8. The lowest BCUT2D eigenvalue weighted by Gasteiger charge is -2.24. The van der Waals surface area contributed by atoms with Gasteiger partial charge in [0.2, 0.25) is 6.79 Å². The van der Waals surface area contributed by atoms with Crippen LogP contribution in [0.3, 0.4) is 0 Å². The first-order valence-electron chi connectivity index (χ1n) is 13.4. The molecule has 6 nitrogen and oxygen atoms in total. The molecule has 0 bridgehead atoms. The van der Waals surface area contributed by atoms with Gasteiger partial charge in [-0.15, -0.1) is 0 Å². The summed E-state index contributed by atoms with van der Waals surface area (Å²) >= 11 is 0. The monoisotopic (exact) mass is 536 g/mol. The molecule has 3 aromatic carbocycles. The molecule has 0 radical (unpaired) electrons. The summed E-state index contributed by atoms with van der Waals surface area (Å²) in [6, 6.07) is 21.3. The van der Waals surface area contributed by atoms with Crippen LogP contribution in [0.4, 0.5) is 0 Å². The highest BCUT2D eigenvalue weighted by molar-refractivity contribution is 7.49. The first-order chi connectivity index (χ1) is 18.5. The number of phenols is 1. The van der Waals surface area contributed by atoms with E-state index in [2.05, 4.69) is 19.9 Å². The van der Waals surface area contributed by atoms with Gasteiger partial charge in [0.1, 0.15) is 23.0 Å². The second-order valence-corrected chi connectivity index (χ2v) is 11.2. The number of aromatic hydroxyl groups is 1. The number of aryl methyl sites for hydroxylation is 1. The predicted molar refractivity (Wildman–Crippen MR) is 150 cm³/mol. The van der Waals surface area contributed by atoms with Gasteiger partial charge < -0.3 is 18.9 Å². The van der Waals surface area contributed by atoms with Gasteiger partial charge in [-0.3, -0.25) is 0 Å². The number of hydrogen-bond acceptors (Lipinski definition) is 6. The molecule has 0 aliphatic heterocycles. The van der Waals surface area contributed by atoms with Crippen molar-refractivity contribution in [1.29, 1.82) is 0 Å². The summed E-state index contributed by atoms with van der Waals surface area (Å²) in [6.45, 7) is 3.90. The van der Waals surface area contributed by atoms with E-state index in [9.17, 15) is 9.67 Å². The van der Waals surface area contributed by atoms with Gasteiger partial charge in [0, 0.05) is 11.5 Å². The van der Waals surface area contributed by atoms with Crippen LogP contribution < -0.4 is 13.8 Å². The van der Waals surface area contributed by atoms with Gasteiger partial charge in [0.15, 0.2) is 0 Å². The fraction of sp³-hybridized carbons (Fsp3) is 0.355. The highest BCUT2D eigenvalue weighted by Gasteiger charge is 2.32. The number of unbranched alkanes of at least 4 members (excludes halogenated alkanes) is 2. The van der Waals surface area contributed by atoms with Crippen LogP contribution in [0.15, 0.2) is 84.4 Å². The van der Waals surface area contributed by atoms with Gasteiger partial charge in [-0.1, -0.05) is 67.8 Å². The van der Waals surface area contributed by atoms with Crippen LogP contribution in [0.1, 0.15) is 69.4 Å². The number of allylic oxidation sites excluding steroid dienone is 2. The second kappa shape index (κ2) is 13.5. The minimum Gasteiger partial charge on any atom is -0.507 e. The van der Waals surface area contributed by atoms with E-state index in [-0.39, 0.29) is 18.5 Å². The van der Waals surface area contributed by atoms with Crippen molar-refractivity contribution >= 4 is 7.82 Å². The Morgan fingerprint density at radius 3 is 2.21 bits per heavy atom. The number of benzene rings is 3. The van der Waals surface area contributed by atoms with Crippen LogP contribution in [0.5, 0.6) is 23.0 Å². The molecule has 0 saturated heterocycles. The fourth-order valence-corrected chi connectivity index (χ4v) is 5.75. The lowest BCUT2D eigenvalue weighted by atomic mass is 9.84. The first-order valence-corrected chi connectivity index (χ1v) is 14.8. The number of phenolic OH excluding ortho intramolecular Hbond substituents is 1. The Morgan fingerprint density at radius 1 is 0.947 bits per heavy atom. The number of phosphoric acid groups is 1. The van der Waals surface area contributed by atoms with E-state index in [1.165, 1.54) is 5.57 Å². The van der Waals surface area contributed by atoms with Gasteiger partial charge in [-0.2, -0.15) is 0 Å². The predicted octanol–water partition coefficient (Wildman–Crippen LogP) is 8.96. The van der Waals surface area contributed by atoms with Gasteiger partial charge in [-0.05, 0) is 81.0 Å². The van der Waals surface area contributed by atoms with E-state index in [1.54, 1.807) is 48.5 Å². The van der Waals surface area contributed by atoms with Gasteiger partial charge in [0.25, 0.3) is 0 Å². The average molecular weight is 537 g/mol. The molecule has 0 heterocycles. The smallest absolute Gasteiger partial charge is 0.507 e. The Hall–Kier alpha value is -3.21. The zero-order valence-corrected chi connectivity index (χ0v) is 23.1. The fourth-order valence-electron chi connectivity index (χ4n) is 4.67. The highest BCUT2D eigenvalue weighted by atomic mass is 31.2. The lowest BCUT2D eigenvalue weighted by molar-refractivity contribution is 0.0873. The number of para-hydroxylation sites is 2. The van der Waals surface area contributed by atoms with Crippen molar-refractivity contribution in [2.24, 2.45) is 0 Å². The van der Waals surface area contributed by atoms with Gasteiger partial charge in [-0.25, -0.2) is 9.09 Å². The molecular weight excluding hydrogens is 499 g/mol. The summed E-state index contributed by atoms with van der Waals surface area (Å²) in [5, 5.41) is 11.1. The third-order valence-electron chi connectivity index (χ3n) is 6.54. The van der Waals surface area contributed by atoms with E-state index < -0.39 is 7.82 Å². The Labute approximate surface area is 225 Å². The van der Waals surface area contributed by atoms with Crippen molar-refractivity contribution in [3.63, 3.8) is 0 Å². The standard InChI is InChI=1S/C31H37O6P/c1-3-4-7-14-25-21-29(32)31(26-15-12-13-24(2)20-26)30(22-25)34-23-35-38(33,36-27-16-8-5-9-17-27)37-28-18-10-6-11-19-28/h5-6,8-11,16-22,26,32H,3-4,7,12-15,23H2,1-2H3. The van der Waals surface area contributed by atoms with E-state index in [4.69, 9.17) is 18.3 Å². The molecule has 0 fully saturated rings. The van der Waals surface area contributed by atoms with E-state index >= 15 is 0 Å². The Balaban J connectivity index is 1.56. The number of rotatable bonds is 13. The molecule has 202 valence electrons. The molecule has 1 unspecified atom stereocenters. The zero-order valence-electron chi connectivity index (χ0n) is 22.2. The average Bonchev–Trinajstić information content (AvgIpc) is 2.90. The molecule has 38 heavy (non-hydrogen) atoms. The molecular formula is C31H37O6P. The number of ether oxygens (including phenoxy) is 1. The molecule has 0 spiro atoms. The van der Waals surface area contributed by atoms with Crippen molar-refractivity contribution in [3.8, 4) is 23.0 Å². The van der Waals surface area contributed by atoms with E-state index in [1.807, 2.05) is 24.3 Å². The van der Waals surface area contributed by atoms with Crippen molar-refractivity contribution in [1.82, 2.24) is 0 Å². The van der Waals surface area contributed by atoms with Crippen LogP contribution in [-0.4, -0.2) is 11.9 Å². The normalized spacial score (nSPS) is 15.5. The molecule has 1 atom stereocenters. The summed E-state index contributed by atoms with van der Waals surface area (Å²) < 4.78 is 36.8. The molecule has 3 aromatic rings. The maximum absolute atomic E-state index is 13.7.